The van der Waals surface area contributed by atoms with Crippen LogP contribution in [0.25, 0.3) is 0 Å². The Kier molecular flexibility index (Phi) is 4.22. The van der Waals surface area contributed by atoms with E-state index in [2.05, 4.69) is 10.4 Å². The lowest BCUT2D eigenvalue weighted by atomic mass is 10.2. The lowest BCUT2D eigenvalue weighted by Crippen LogP contribution is -2.19. The van der Waals surface area contributed by atoms with E-state index in [0.29, 0.717) is 18.0 Å². The molecular weight excluding hydrogens is 274 g/mol. The van der Waals surface area contributed by atoms with Crippen LogP contribution in [0.1, 0.15) is 27.8 Å². The molecule has 7 nitrogen and oxygen atoms in total. The molecule has 2 N–H and O–H groups in total. The van der Waals surface area contributed by atoms with E-state index >= 15 is 0 Å². The molecule has 0 bridgehead atoms. The molecule has 1 heterocycles. The Hall–Kier alpha value is -2.83. The third-order valence-electron chi connectivity index (χ3n) is 2.81. The molecular formula is C14H15N3O4. The van der Waals surface area contributed by atoms with Crippen molar-refractivity contribution in [3.63, 3.8) is 0 Å². The smallest absolute Gasteiger partial charge is 0.339 e. The number of aromatic carboxylic acids is 1. The zero-order valence-corrected chi connectivity index (χ0v) is 11.7. The summed E-state index contributed by atoms with van der Waals surface area (Å²) in [6, 6.07) is 6.81. The first-order valence-corrected chi connectivity index (χ1v) is 6.32. The SMILES string of the molecule is CCOc1ccc(NC(=O)c2c(C(=O)O)cnn2C)cc1. The van der Waals surface area contributed by atoms with E-state index in [9.17, 15) is 9.59 Å². The molecule has 21 heavy (non-hydrogen) atoms. The van der Waals surface area contributed by atoms with Gasteiger partial charge in [0.25, 0.3) is 5.91 Å². The molecule has 2 aromatic rings. The number of hydrogen-bond donors (Lipinski definition) is 2. The fourth-order valence-electron chi connectivity index (χ4n) is 1.85. The third kappa shape index (κ3) is 3.19. The minimum absolute atomic E-state index is 0.00335. The van der Waals surface area contributed by atoms with Crippen molar-refractivity contribution in [2.75, 3.05) is 11.9 Å². The van der Waals surface area contributed by atoms with Crippen molar-refractivity contribution in [3.8, 4) is 5.75 Å². The summed E-state index contributed by atoms with van der Waals surface area (Å²) in [6.45, 7) is 2.44. The van der Waals surface area contributed by atoms with E-state index in [4.69, 9.17) is 9.84 Å². The maximum absolute atomic E-state index is 12.2. The van der Waals surface area contributed by atoms with Crippen LogP contribution in [0, 0.1) is 0 Å². The summed E-state index contributed by atoms with van der Waals surface area (Å²) >= 11 is 0. The minimum atomic E-state index is -1.19. The molecule has 0 aliphatic heterocycles. The van der Waals surface area contributed by atoms with Crippen molar-refractivity contribution in [1.82, 2.24) is 9.78 Å². The van der Waals surface area contributed by atoms with E-state index in [1.165, 1.54) is 11.7 Å². The van der Waals surface area contributed by atoms with Crippen LogP contribution in [-0.2, 0) is 7.05 Å². The van der Waals surface area contributed by atoms with Gasteiger partial charge in [0, 0.05) is 12.7 Å². The molecule has 2 rings (SSSR count). The minimum Gasteiger partial charge on any atom is -0.494 e. The number of nitrogens with zero attached hydrogens (tertiary/aromatic N) is 2. The molecule has 1 aromatic carbocycles. The Balaban J connectivity index is 2.18. The molecule has 7 heteroatoms. The van der Waals surface area contributed by atoms with Crippen molar-refractivity contribution in [2.45, 2.75) is 6.92 Å². The number of carboxylic acid groups (broad SMARTS) is 1. The molecule has 0 aliphatic rings. The first kappa shape index (κ1) is 14.6. The normalized spacial score (nSPS) is 10.2. The highest BCUT2D eigenvalue weighted by molar-refractivity contribution is 6.09. The number of carbonyl (C=O) groups excluding carboxylic acids is 1. The van der Waals surface area contributed by atoms with Crippen molar-refractivity contribution < 1.29 is 19.4 Å². The summed E-state index contributed by atoms with van der Waals surface area (Å²) < 4.78 is 6.53. The fourth-order valence-corrected chi connectivity index (χ4v) is 1.85. The summed E-state index contributed by atoms with van der Waals surface area (Å²) in [5.41, 5.74) is 0.401. The van der Waals surface area contributed by atoms with Crippen molar-refractivity contribution in [1.29, 1.82) is 0 Å². The molecule has 0 spiro atoms. The van der Waals surface area contributed by atoms with Crippen molar-refractivity contribution in [3.05, 3.63) is 41.7 Å². The standard InChI is InChI=1S/C14H15N3O4/c1-3-21-10-6-4-9(5-7-10)16-13(18)12-11(14(19)20)8-15-17(12)2/h4-8H,3H2,1-2H3,(H,16,18)(H,19,20). The Morgan fingerprint density at radius 3 is 2.57 bits per heavy atom. The first-order chi connectivity index (χ1) is 10.0. The quantitative estimate of drug-likeness (QED) is 0.875. The van der Waals surface area contributed by atoms with Gasteiger partial charge < -0.3 is 15.2 Å². The predicted molar refractivity (Wildman–Crippen MR) is 75.7 cm³/mol. The van der Waals surface area contributed by atoms with Crippen LogP contribution in [0.3, 0.4) is 0 Å². The zero-order chi connectivity index (χ0) is 15.4. The van der Waals surface area contributed by atoms with Crippen LogP contribution >= 0.6 is 0 Å². The van der Waals surface area contributed by atoms with Gasteiger partial charge in [-0.25, -0.2) is 4.79 Å². The van der Waals surface area contributed by atoms with Crippen molar-refractivity contribution in [2.24, 2.45) is 7.05 Å². The Labute approximate surface area is 121 Å². The average molecular weight is 289 g/mol. The number of nitrogens with one attached hydrogen (secondary N) is 1. The number of carboxylic acids is 1. The molecule has 0 saturated carbocycles. The van der Waals surface area contributed by atoms with Crippen LogP contribution < -0.4 is 10.1 Å². The van der Waals surface area contributed by atoms with E-state index in [0.717, 1.165) is 6.20 Å². The van der Waals surface area contributed by atoms with Crippen molar-refractivity contribution >= 4 is 17.6 Å². The first-order valence-electron chi connectivity index (χ1n) is 6.32. The summed E-state index contributed by atoms with van der Waals surface area (Å²) in [6.07, 6.45) is 1.15. The molecule has 0 saturated heterocycles. The zero-order valence-electron chi connectivity index (χ0n) is 11.7. The lowest BCUT2D eigenvalue weighted by Gasteiger charge is -2.08. The van der Waals surface area contributed by atoms with Gasteiger partial charge >= 0.3 is 5.97 Å². The Bertz CT molecular complexity index is 661. The average Bonchev–Trinajstić information content (AvgIpc) is 2.83. The molecule has 0 aliphatic carbocycles. The molecule has 1 aromatic heterocycles. The second-order valence-electron chi connectivity index (χ2n) is 4.25. The molecule has 0 radical (unpaired) electrons. The largest absolute Gasteiger partial charge is 0.494 e. The van der Waals surface area contributed by atoms with Gasteiger partial charge in [0.05, 0.1) is 12.8 Å². The van der Waals surface area contributed by atoms with Crippen LogP contribution in [-0.4, -0.2) is 33.4 Å². The fraction of sp³-hybridized carbons (Fsp3) is 0.214. The highest BCUT2D eigenvalue weighted by atomic mass is 16.5. The Morgan fingerprint density at radius 2 is 2.00 bits per heavy atom. The highest BCUT2D eigenvalue weighted by Crippen LogP contribution is 2.17. The van der Waals surface area contributed by atoms with E-state index in [-0.39, 0.29) is 11.3 Å². The number of rotatable bonds is 5. The number of benzene rings is 1. The van der Waals surface area contributed by atoms with Gasteiger partial charge in [-0.15, -0.1) is 0 Å². The Morgan fingerprint density at radius 1 is 1.33 bits per heavy atom. The molecule has 0 unspecified atom stereocenters. The van der Waals surface area contributed by atoms with Gasteiger partial charge in [-0.3, -0.25) is 9.48 Å². The number of aromatic nitrogens is 2. The second-order valence-corrected chi connectivity index (χ2v) is 4.25. The summed E-state index contributed by atoms with van der Waals surface area (Å²) in [4.78, 5) is 23.2. The lowest BCUT2D eigenvalue weighted by molar-refractivity contribution is 0.0692. The topological polar surface area (TPSA) is 93.4 Å². The molecule has 110 valence electrons. The second kappa shape index (κ2) is 6.08. The number of carbonyl (C=O) groups is 2. The molecule has 0 atom stereocenters. The van der Waals surface area contributed by atoms with Gasteiger partial charge in [-0.1, -0.05) is 0 Å². The number of ether oxygens (including phenoxy) is 1. The van der Waals surface area contributed by atoms with E-state index in [1.807, 2.05) is 6.92 Å². The van der Waals surface area contributed by atoms with Gasteiger partial charge in [0.2, 0.25) is 0 Å². The molecule has 1 amide bonds. The number of amides is 1. The maximum atomic E-state index is 12.2. The van der Waals surface area contributed by atoms with Gasteiger partial charge in [0.15, 0.2) is 0 Å². The monoisotopic (exact) mass is 289 g/mol. The number of hydrogen-bond acceptors (Lipinski definition) is 4. The predicted octanol–water partition coefficient (Wildman–Crippen LogP) is 1.77. The number of aryl methyl sites for hydroxylation is 1. The molecule has 0 fully saturated rings. The van der Waals surface area contributed by atoms with E-state index in [1.54, 1.807) is 24.3 Å². The third-order valence-corrected chi connectivity index (χ3v) is 2.81. The number of anilines is 1. The van der Waals surface area contributed by atoms with Gasteiger partial charge in [-0.2, -0.15) is 5.10 Å². The van der Waals surface area contributed by atoms with Crippen LogP contribution in [0.15, 0.2) is 30.5 Å². The van der Waals surface area contributed by atoms with Gasteiger partial charge in [-0.05, 0) is 31.2 Å². The van der Waals surface area contributed by atoms with Gasteiger partial charge in [0.1, 0.15) is 17.0 Å². The van der Waals surface area contributed by atoms with Crippen LogP contribution in [0.4, 0.5) is 5.69 Å². The maximum Gasteiger partial charge on any atom is 0.339 e. The summed E-state index contributed by atoms with van der Waals surface area (Å²) in [5, 5.41) is 15.5. The van der Waals surface area contributed by atoms with Crippen LogP contribution in [0.2, 0.25) is 0 Å². The summed E-state index contributed by atoms with van der Waals surface area (Å²) in [7, 11) is 1.51. The van der Waals surface area contributed by atoms with Crippen LogP contribution in [0.5, 0.6) is 5.75 Å². The summed E-state index contributed by atoms with van der Waals surface area (Å²) in [5.74, 6) is -1.03. The van der Waals surface area contributed by atoms with E-state index < -0.39 is 11.9 Å². The highest BCUT2D eigenvalue weighted by Gasteiger charge is 2.21.